The lowest BCUT2D eigenvalue weighted by Crippen LogP contribution is -2.28. The second-order valence-electron chi connectivity index (χ2n) is 5.89. The molecule has 2 N–H and O–H groups in total. The number of fused-ring (bicyclic) bond motifs is 1. The second kappa shape index (κ2) is 7.32. The highest BCUT2D eigenvalue weighted by atomic mass is 127. The van der Waals surface area contributed by atoms with Gasteiger partial charge in [-0.1, -0.05) is 6.07 Å². The minimum absolute atomic E-state index is 0. The second-order valence-corrected chi connectivity index (χ2v) is 5.89. The molecule has 0 aliphatic carbocycles. The number of likely N-dealkylation sites (N-methyl/N-ethyl adjacent to an activating group) is 1. The molecule has 0 saturated carbocycles. The fraction of sp³-hybridized carbons (Fsp3) is 0.438. The summed E-state index contributed by atoms with van der Waals surface area (Å²) in [5, 5.41) is 4.10. The molecule has 0 radical (unpaired) electrons. The minimum Gasteiger partial charge on any atom is -0.447 e. The van der Waals surface area contributed by atoms with Gasteiger partial charge in [0.25, 0.3) is 0 Å². The van der Waals surface area contributed by atoms with E-state index in [1.165, 1.54) is 22.0 Å². The predicted molar refractivity (Wildman–Crippen MR) is 97.9 cm³/mol. The van der Waals surface area contributed by atoms with Crippen LogP contribution >= 0.6 is 24.0 Å². The maximum absolute atomic E-state index is 11.1. The molecule has 1 aliphatic rings. The number of rotatable bonds is 5. The molecule has 1 amide bonds. The molecular weight excluding hydrogens is 393 g/mol. The van der Waals surface area contributed by atoms with Gasteiger partial charge in [-0.15, -0.1) is 24.0 Å². The molecule has 1 aromatic carbocycles. The fourth-order valence-corrected chi connectivity index (χ4v) is 2.72. The highest BCUT2D eigenvalue weighted by Crippen LogP contribution is 2.21. The topological polar surface area (TPSA) is 57.4 Å². The van der Waals surface area contributed by atoms with E-state index >= 15 is 0 Å². The van der Waals surface area contributed by atoms with Crippen molar-refractivity contribution in [2.24, 2.45) is 0 Å². The number of halogens is 1. The Bertz CT molecular complexity index is 654. The van der Waals surface area contributed by atoms with Crippen molar-refractivity contribution < 1.29 is 9.53 Å². The first kappa shape index (κ1) is 17.1. The summed E-state index contributed by atoms with van der Waals surface area (Å²) in [7, 11) is 4.17. The van der Waals surface area contributed by atoms with Crippen molar-refractivity contribution in [2.45, 2.75) is 18.9 Å². The van der Waals surface area contributed by atoms with Crippen LogP contribution in [0.15, 0.2) is 24.4 Å². The number of aromatic amines is 1. The Balaban J connectivity index is 0.00000176. The quantitative estimate of drug-likeness (QED) is 0.739. The van der Waals surface area contributed by atoms with Crippen LogP contribution in [0.2, 0.25) is 0 Å². The highest BCUT2D eigenvalue weighted by molar-refractivity contribution is 14.0. The van der Waals surface area contributed by atoms with Crippen LogP contribution in [-0.4, -0.2) is 49.3 Å². The number of ether oxygens (including phenoxy) is 1. The van der Waals surface area contributed by atoms with Crippen LogP contribution in [0, 0.1) is 0 Å². The smallest absolute Gasteiger partial charge is 0.407 e. The van der Waals surface area contributed by atoms with E-state index in [9.17, 15) is 4.79 Å². The summed E-state index contributed by atoms with van der Waals surface area (Å²) in [5.74, 6) is 0. The van der Waals surface area contributed by atoms with Crippen LogP contribution in [0.3, 0.4) is 0 Å². The van der Waals surface area contributed by atoms with Gasteiger partial charge in [-0.2, -0.15) is 0 Å². The predicted octanol–water partition coefficient (Wildman–Crippen LogP) is 2.54. The monoisotopic (exact) mass is 415 g/mol. The Morgan fingerprint density at radius 3 is 2.86 bits per heavy atom. The normalized spacial score (nSPS) is 17.4. The van der Waals surface area contributed by atoms with Gasteiger partial charge in [-0.25, -0.2) is 4.79 Å². The lowest BCUT2D eigenvalue weighted by molar-refractivity contribution is 0.177. The molecular formula is C16H22IN3O2. The van der Waals surface area contributed by atoms with Gasteiger partial charge in [0.1, 0.15) is 6.61 Å². The highest BCUT2D eigenvalue weighted by Gasteiger charge is 2.22. The van der Waals surface area contributed by atoms with Gasteiger partial charge in [0.05, 0.1) is 6.04 Å². The molecule has 1 aromatic heterocycles. The average molecular weight is 415 g/mol. The number of carbonyl (C=O) groups excluding carboxylic acids is 1. The van der Waals surface area contributed by atoms with Crippen LogP contribution in [0.4, 0.5) is 4.79 Å². The third kappa shape index (κ3) is 3.92. The Labute approximate surface area is 147 Å². The number of benzene rings is 1. The van der Waals surface area contributed by atoms with E-state index in [-0.39, 0.29) is 36.1 Å². The molecule has 1 aliphatic heterocycles. The molecule has 0 bridgehead atoms. The van der Waals surface area contributed by atoms with Gasteiger partial charge >= 0.3 is 6.09 Å². The summed E-state index contributed by atoms with van der Waals surface area (Å²) in [6.07, 6.45) is 3.62. The first-order valence-electron chi connectivity index (χ1n) is 7.29. The number of amides is 1. The van der Waals surface area contributed by atoms with Crippen LogP contribution in [-0.2, 0) is 17.6 Å². The van der Waals surface area contributed by atoms with E-state index < -0.39 is 0 Å². The first-order valence-corrected chi connectivity index (χ1v) is 7.29. The number of hydrogen-bond acceptors (Lipinski definition) is 3. The molecule has 120 valence electrons. The van der Waals surface area contributed by atoms with E-state index in [0.717, 1.165) is 19.4 Å². The number of carbonyl (C=O) groups is 1. The number of cyclic esters (lactones) is 1. The third-order valence-electron chi connectivity index (χ3n) is 3.88. The molecule has 6 heteroatoms. The van der Waals surface area contributed by atoms with E-state index in [2.05, 4.69) is 53.7 Å². The zero-order valence-electron chi connectivity index (χ0n) is 12.9. The van der Waals surface area contributed by atoms with E-state index in [4.69, 9.17) is 4.74 Å². The number of nitrogens with one attached hydrogen (secondary N) is 2. The molecule has 0 unspecified atom stereocenters. The van der Waals surface area contributed by atoms with Crippen LogP contribution in [0.25, 0.3) is 10.9 Å². The van der Waals surface area contributed by atoms with Crippen molar-refractivity contribution in [1.29, 1.82) is 0 Å². The molecule has 3 rings (SSSR count). The maximum atomic E-state index is 11.1. The van der Waals surface area contributed by atoms with Crippen LogP contribution in [0.5, 0.6) is 0 Å². The SMILES string of the molecule is CN(C)CCc1c[nH]c2ccc(C[C@H]3COC(=O)N3)cc12.I. The molecule has 2 aromatic rings. The maximum Gasteiger partial charge on any atom is 0.407 e. The summed E-state index contributed by atoms with van der Waals surface area (Å²) in [5.41, 5.74) is 3.73. The minimum atomic E-state index is -0.311. The Morgan fingerprint density at radius 2 is 2.18 bits per heavy atom. The van der Waals surface area contributed by atoms with Crippen LogP contribution < -0.4 is 5.32 Å². The van der Waals surface area contributed by atoms with E-state index in [1.807, 2.05) is 0 Å². The molecule has 2 heterocycles. The number of hydrogen-bond donors (Lipinski definition) is 2. The molecule has 1 fully saturated rings. The number of alkyl carbamates (subject to hydrolysis) is 1. The van der Waals surface area contributed by atoms with Crippen molar-refractivity contribution >= 4 is 41.0 Å². The zero-order valence-corrected chi connectivity index (χ0v) is 15.2. The summed E-state index contributed by atoms with van der Waals surface area (Å²) in [6, 6.07) is 6.53. The number of nitrogens with zero attached hydrogens (tertiary/aromatic N) is 1. The molecule has 0 spiro atoms. The molecule has 1 saturated heterocycles. The lowest BCUT2D eigenvalue weighted by atomic mass is 10.0. The third-order valence-corrected chi connectivity index (χ3v) is 3.88. The fourth-order valence-electron chi connectivity index (χ4n) is 2.72. The van der Waals surface area contributed by atoms with Crippen molar-refractivity contribution in [3.05, 3.63) is 35.5 Å². The van der Waals surface area contributed by atoms with Crippen molar-refractivity contribution in [3.8, 4) is 0 Å². The molecule has 5 nitrogen and oxygen atoms in total. The summed E-state index contributed by atoms with van der Waals surface area (Å²) in [6.45, 7) is 1.49. The van der Waals surface area contributed by atoms with Gasteiger partial charge < -0.3 is 19.9 Å². The summed E-state index contributed by atoms with van der Waals surface area (Å²) >= 11 is 0. The van der Waals surface area contributed by atoms with Gasteiger partial charge in [0.2, 0.25) is 0 Å². The van der Waals surface area contributed by atoms with Crippen molar-refractivity contribution in [2.75, 3.05) is 27.2 Å². The Morgan fingerprint density at radius 1 is 1.36 bits per heavy atom. The van der Waals surface area contributed by atoms with E-state index in [0.29, 0.717) is 6.61 Å². The average Bonchev–Trinajstić information content (AvgIpc) is 3.03. The lowest BCUT2D eigenvalue weighted by Gasteiger charge is -2.09. The number of H-pyrrole nitrogens is 1. The largest absolute Gasteiger partial charge is 0.447 e. The standard InChI is InChI=1S/C16H21N3O2.HI/c1-19(2)6-5-12-9-17-15-4-3-11(8-14(12)15)7-13-10-21-16(20)18-13;/h3-4,8-9,13,17H,5-7,10H2,1-2H3,(H,18,20);1H/t13-;/m0./s1. The van der Waals surface area contributed by atoms with Gasteiger partial charge in [-0.05, 0) is 50.2 Å². The van der Waals surface area contributed by atoms with Gasteiger partial charge in [-0.3, -0.25) is 0 Å². The first-order chi connectivity index (χ1) is 10.1. The Hall–Kier alpha value is -1.28. The zero-order chi connectivity index (χ0) is 14.8. The van der Waals surface area contributed by atoms with Crippen molar-refractivity contribution in [1.82, 2.24) is 15.2 Å². The van der Waals surface area contributed by atoms with Gasteiger partial charge in [0.15, 0.2) is 0 Å². The van der Waals surface area contributed by atoms with E-state index in [1.54, 1.807) is 0 Å². The Kier molecular flexibility index (Phi) is 5.69. The molecule has 1 atom stereocenters. The summed E-state index contributed by atoms with van der Waals surface area (Å²) < 4.78 is 4.94. The van der Waals surface area contributed by atoms with Crippen molar-refractivity contribution in [3.63, 3.8) is 0 Å². The van der Waals surface area contributed by atoms with Gasteiger partial charge in [0, 0.05) is 23.6 Å². The summed E-state index contributed by atoms with van der Waals surface area (Å²) in [4.78, 5) is 16.6. The van der Waals surface area contributed by atoms with Crippen LogP contribution in [0.1, 0.15) is 11.1 Å². The molecule has 22 heavy (non-hydrogen) atoms. The number of aromatic nitrogens is 1.